The number of aromatic nitrogens is 1. The third-order valence-corrected chi connectivity index (χ3v) is 1.68. The van der Waals surface area contributed by atoms with Crippen LogP contribution in [-0.2, 0) is 13.0 Å². The number of nitrogens with zero attached hydrogens (tertiary/aromatic N) is 2. The van der Waals surface area contributed by atoms with Crippen LogP contribution in [0.3, 0.4) is 0 Å². The van der Waals surface area contributed by atoms with E-state index in [9.17, 15) is 0 Å². The Labute approximate surface area is 72.6 Å². The highest BCUT2D eigenvalue weighted by Gasteiger charge is 2.03. The monoisotopic (exact) mass is 163 g/mol. The van der Waals surface area contributed by atoms with Gasteiger partial charge in [0.1, 0.15) is 0 Å². The third kappa shape index (κ3) is 2.11. The van der Waals surface area contributed by atoms with Crippen LogP contribution in [0.4, 0.5) is 0 Å². The molecule has 0 saturated carbocycles. The van der Waals surface area contributed by atoms with Crippen molar-refractivity contribution in [3.63, 3.8) is 0 Å². The molecule has 0 unspecified atom stereocenters. The van der Waals surface area contributed by atoms with E-state index in [4.69, 9.17) is 5.26 Å². The Morgan fingerprint density at radius 1 is 1.42 bits per heavy atom. The van der Waals surface area contributed by atoms with Gasteiger partial charge in [-0.25, -0.2) is 0 Å². The molecule has 0 amide bonds. The van der Waals surface area contributed by atoms with E-state index in [1.54, 1.807) is 0 Å². The van der Waals surface area contributed by atoms with Gasteiger partial charge in [0.05, 0.1) is 12.5 Å². The minimum Gasteiger partial charge on any atom is -0.367 e. The SMILES string of the molecule is CN(C)Cc1c[nH]cc1CC#N. The molecule has 0 saturated heterocycles. The molecule has 3 nitrogen and oxygen atoms in total. The molecule has 1 N–H and O–H groups in total. The van der Waals surface area contributed by atoms with Gasteiger partial charge < -0.3 is 9.88 Å². The first-order valence-electron chi connectivity index (χ1n) is 3.90. The van der Waals surface area contributed by atoms with Gasteiger partial charge in [-0.3, -0.25) is 0 Å². The van der Waals surface area contributed by atoms with Crippen LogP contribution in [0.5, 0.6) is 0 Å². The number of aromatic amines is 1. The predicted molar refractivity (Wildman–Crippen MR) is 47.5 cm³/mol. The molecule has 3 heteroatoms. The summed E-state index contributed by atoms with van der Waals surface area (Å²) in [6.07, 6.45) is 4.33. The van der Waals surface area contributed by atoms with Gasteiger partial charge in [-0.2, -0.15) is 5.26 Å². The molecule has 0 radical (unpaired) electrons. The van der Waals surface area contributed by atoms with Crippen molar-refractivity contribution in [3.8, 4) is 6.07 Å². The van der Waals surface area contributed by atoms with Crippen molar-refractivity contribution in [2.45, 2.75) is 13.0 Å². The van der Waals surface area contributed by atoms with Crippen LogP contribution in [0.25, 0.3) is 0 Å². The number of nitriles is 1. The molecular weight excluding hydrogens is 150 g/mol. The van der Waals surface area contributed by atoms with E-state index in [2.05, 4.69) is 16.0 Å². The standard InChI is InChI=1S/C9H13N3/c1-12(2)7-9-6-11-5-8(9)3-4-10/h5-6,11H,3,7H2,1-2H3. The van der Waals surface area contributed by atoms with Crippen LogP contribution in [0, 0.1) is 11.3 Å². The van der Waals surface area contributed by atoms with Crippen molar-refractivity contribution in [2.24, 2.45) is 0 Å². The molecule has 12 heavy (non-hydrogen) atoms. The molecule has 0 aliphatic carbocycles. The molecule has 0 atom stereocenters. The topological polar surface area (TPSA) is 42.8 Å². The van der Waals surface area contributed by atoms with Crippen LogP contribution >= 0.6 is 0 Å². The van der Waals surface area contributed by atoms with Crippen molar-refractivity contribution in [1.82, 2.24) is 9.88 Å². The third-order valence-electron chi connectivity index (χ3n) is 1.68. The molecule has 1 heterocycles. The van der Waals surface area contributed by atoms with Gasteiger partial charge in [-0.05, 0) is 25.2 Å². The Morgan fingerprint density at radius 3 is 2.67 bits per heavy atom. The number of hydrogen-bond donors (Lipinski definition) is 1. The predicted octanol–water partition coefficient (Wildman–Crippen LogP) is 1.14. The van der Waals surface area contributed by atoms with Gasteiger partial charge >= 0.3 is 0 Å². The van der Waals surface area contributed by atoms with Crippen molar-refractivity contribution in [3.05, 3.63) is 23.5 Å². The highest BCUT2D eigenvalue weighted by atomic mass is 15.0. The number of hydrogen-bond acceptors (Lipinski definition) is 2. The van der Waals surface area contributed by atoms with E-state index in [-0.39, 0.29) is 0 Å². The summed E-state index contributed by atoms with van der Waals surface area (Å²) >= 11 is 0. The maximum Gasteiger partial charge on any atom is 0.0670 e. The van der Waals surface area contributed by atoms with E-state index in [1.807, 2.05) is 26.5 Å². The number of rotatable bonds is 3. The fourth-order valence-corrected chi connectivity index (χ4v) is 1.17. The van der Waals surface area contributed by atoms with Gasteiger partial charge in [0.2, 0.25) is 0 Å². The molecule has 64 valence electrons. The first-order chi connectivity index (χ1) is 5.74. The Hall–Kier alpha value is -1.27. The average molecular weight is 163 g/mol. The highest BCUT2D eigenvalue weighted by molar-refractivity contribution is 5.25. The first kappa shape index (κ1) is 8.82. The second-order valence-electron chi connectivity index (χ2n) is 3.08. The average Bonchev–Trinajstić information content (AvgIpc) is 2.37. The van der Waals surface area contributed by atoms with E-state index in [0.29, 0.717) is 6.42 Å². The zero-order chi connectivity index (χ0) is 8.97. The minimum absolute atomic E-state index is 0.493. The molecule has 0 aliphatic rings. The minimum atomic E-state index is 0.493. The quantitative estimate of drug-likeness (QED) is 0.726. The summed E-state index contributed by atoms with van der Waals surface area (Å²) < 4.78 is 0. The molecular formula is C9H13N3. The smallest absolute Gasteiger partial charge is 0.0670 e. The van der Waals surface area contributed by atoms with Gasteiger partial charge in [0.25, 0.3) is 0 Å². The summed E-state index contributed by atoms with van der Waals surface area (Å²) in [5.41, 5.74) is 2.31. The maximum absolute atomic E-state index is 8.52. The molecule has 1 aromatic heterocycles. The molecule has 1 rings (SSSR count). The second-order valence-corrected chi connectivity index (χ2v) is 3.08. The van der Waals surface area contributed by atoms with Crippen LogP contribution in [0.2, 0.25) is 0 Å². The summed E-state index contributed by atoms with van der Waals surface area (Å²) in [4.78, 5) is 5.10. The van der Waals surface area contributed by atoms with Gasteiger partial charge in [-0.1, -0.05) is 0 Å². The molecule has 0 bridgehead atoms. The second kappa shape index (κ2) is 3.93. The molecule has 0 aliphatic heterocycles. The largest absolute Gasteiger partial charge is 0.367 e. The fourth-order valence-electron chi connectivity index (χ4n) is 1.17. The van der Waals surface area contributed by atoms with Crippen molar-refractivity contribution in [2.75, 3.05) is 14.1 Å². The van der Waals surface area contributed by atoms with E-state index < -0.39 is 0 Å². The van der Waals surface area contributed by atoms with Crippen LogP contribution in [0.1, 0.15) is 11.1 Å². The van der Waals surface area contributed by atoms with Crippen molar-refractivity contribution in [1.29, 1.82) is 5.26 Å². The van der Waals surface area contributed by atoms with Crippen LogP contribution in [-0.4, -0.2) is 24.0 Å². The Morgan fingerprint density at radius 2 is 2.08 bits per heavy atom. The van der Waals surface area contributed by atoms with Crippen molar-refractivity contribution >= 4 is 0 Å². The lowest BCUT2D eigenvalue weighted by molar-refractivity contribution is 0.401. The molecule has 0 aromatic carbocycles. The van der Waals surface area contributed by atoms with Crippen LogP contribution < -0.4 is 0 Å². The molecule has 0 spiro atoms. The van der Waals surface area contributed by atoms with E-state index in [1.165, 1.54) is 5.56 Å². The van der Waals surface area contributed by atoms with Gasteiger partial charge in [0, 0.05) is 18.9 Å². The lowest BCUT2D eigenvalue weighted by Crippen LogP contribution is -2.11. The lowest BCUT2D eigenvalue weighted by Gasteiger charge is -2.08. The van der Waals surface area contributed by atoms with E-state index in [0.717, 1.165) is 12.1 Å². The fraction of sp³-hybridized carbons (Fsp3) is 0.444. The Kier molecular flexibility index (Phi) is 2.89. The van der Waals surface area contributed by atoms with Crippen LogP contribution in [0.15, 0.2) is 12.4 Å². The number of H-pyrrole nitrogens is 1. The zero-order valence-electron chi connectivity index (χ0n) is 7.46. The summed E-state index contributed by atoms with van der Waals surface area (Å²) in [6, 6.07) is 2.15. The molecule has 0 fully saturated rings. The highest BCUT2D eigenvalue weighted by Crippen LogP contribution is 2.09. The lowest BCUT2D eigenvalue weighted by atomic mass is 10.1. The maximum atomic E-state index is 8.52. The van der Waals surface area contributed by atoms with E-state index >= 15 is 0 Å². The first-order valence-corrected chi connectivity index (χ1v) is 3.90. The Bertz CT molecular complexity index is 280. The number of nitrogens with one attached hydrogen (secondary N) is 1. The summed E-state index contributed by atoms with van der Waals surface area (Å²) in [5, 5.41) is 8.52. The molecule has 1 aromatic rings. The summed E-state index contributed by atoms with van der Waals surface area (Å²) in [7, 11) is 4.03. The van der Waals surface area contributed by atoms with Gasteiger partial charge in [0.15, 0.2) is 0 Å². The van der Waals surface area contributed by atoms with Crippen molar-refractivity contribution < 1.29 is 0 Å². The summed E-state index contributed by atoms with van der Waals surface area (Å²) in [5.74, 6) is 0. The normalized spacial score (nSPS) is 10.2. The summed E-state index contributed by atoms with van der Waals surface area (Å²) in [6.45, 7) is 0.889. The Balaban J connectivity index is 2.71. The zero-order valence-corrected chi connectivity index (χ0v) is 7.46. The van der Waals surface area contributed by atoms with Gasteiger partial charge in [-0.15, -0.1) is 0 Å².